The number of nitrogens with zero attached hydrogens (tertiary/aromatic N) is 1. The lowest BCUT2D eigenvalue weighted by molar-refractivity contribution is 0.282. The third-order valence-corrected chi connectivity index (χ3v) is 6.58. The minimum atomic E-state index is -3.36. The quantitative estimate of drug-likeness (QED) is 0.684. The van der Waals surface area contributed by atoms with Gasteiger partial charge in [0.15, 0.2) is 0 Å². The zero-order valence-corrected chi connectivity index (χ0v) is 14.4. The van der Waals surface area contributed by atoms with Crippen LogP contribution in [0.1, 0.15) is 32.3 Å². The average molecular weight is 332 g/mol. The lowest BCUT2D eigenvalue weighted by Crippen LogP contribution is -2.35. The van der Waals surface area contributed by atoms with E-state index < -0.39 is 10.0 Å². The molecule has 0 spiro atoms. The molecule has 0 radical (unpaired) electrons. The highest BCUT2D eigenvalue weighted by atomic mass is 32.2. The second-order valence-corrected chi connectivity index (χ2v) is 8.22. The van der Waals surface area contributed by atoms with Gasteiger partial charge in [0.2, 0.25) is 10.0 Å². The van der Waals surface area contributed by atoms with Gasteiger partial charge in [-0.3, -0.25) is 4.90 Å². The van der Waals surface area contributed by atoms with E-state index in [1.54, 1.807) is 6.07 Å². The molecule has 1 aliphatic rings. The molecule has 0 bridgehead atoms. The molecule has 0 atom stereocenters. The molecule has 1 fully saturated rings. The summed E-state index contributed by atoms with van der Waals surface area (Å²) in [7, 11) is -3.36. The predicted molar refractivity (Wildman–Crippen MR) is 87.2 cm³/mol. The molecule has 120 valence electrons. The van der Waals surface area contributed by atoms with Gasteiger partial charge >= 0.3 is 0 Å². The molecule has 0 aromatic carbocycles. The normalized spacial score (nSPS) is 15.8. The minimum absolute atomic E-state index is 0.407. The van der Waals surface area contributed by atoms with E-state index >= 15 is 0 Å². The second kappa shape index (κ2) is 7.69. The summed E-state index contributed by atoms with van der Waals surface area (Å²) in [6.45, 7) is 8.00. The number of thiophene rings is 1. The number of hydrogen-bond acceptors (Lipinski definition) is 5. The van der Waals surface area contributed by atoms with E-state index in [-0.39, 0.29) is 0 Å². The second-order valence-electron chi connectivity index (χ2n) is 5.31. The van der Waals surface area contributed by atoms with Crippen LogP contribution in [0.3, 0.4) is 0 Å². The molecule has 1 aromatic heterocycles. The molecule has 5 nitrogen and oxygen atoms in total. The van der Waals surface area contributed by atoms with Gasteiger partial charge in [0, 0.05) is 25.7 Å². The van der Waals surface area contributed by atoms with Gasteiger partial charge in [-0.1, -0.05) is 13.8 Å². The van der Waals surface area contributed by atoms with Crippen molar-refractivity contribution in [3.63, 3.8) is 0 Å². The van der Waals surface area contributed by atoms with Crippen LogP contribution in [0, 0.1) is 0 Å². The standard InChI is InChI=1S/C14H25N3O2S2/c1-3-15-10-12-9-14(20-11-12)21(18,19)16-7-8-17(4-2)13-5-6-13/h9,11,13,15-16H,3-8,10H2,1-2H3. The molecule has 1 aliphatic carbocycles. The third kappa shape index (κ3) is 5.03. The summed E-state index contributed by atoms with van der Waals surface area (Å²) in [6, 6.07) is 2.43. The first-order valence-electron chi connectivity index (χ1n) is 7.58. The molecular weight excluding hydrogens is 306 g/mol. The Hall–Kier alpha value is -0.470. The molecule has 2 N–H and O–H groups in total. The zero-order chi connectivity index (χ0) is 15.3. The molecule has 1 aromatic rings. The SMILES string of the molecule is CCNCc1csc(S(=O)(=O)NCCN(CC)C2CC2)c1. The molecular formula is C14H25N3O2S2. The Labute approximate surface area is 131 Å². The van der Waals surface area contributed by atoms with Crippen molar-refractivity contribution in [2.75, 3.05) is 26.2 Å². The number of hydrogen-bond donors (Lipinski definition) is 2. The molecule has 1 heterocycles. The van der Waals surface area contributed by atoms with Crippen LogP contribution >= 0.6 is 11.3 Å². The fraction of sp³-hybridized carbons (Fsp3) is 0.714. The van der Waals surface area contributed by atoms with Crippen molar-refractivity contribution in [2.45, 2.75) is 43.5 Å². The van der Waals surface area contributed by atoms with Gasteiger partial charge < -0.3 is 5.32 Å². The summed E-state index contributed by atoms with van der Waals surface area (Å²) in [4.78, 5) is 2.34. The molecule has 1 saturated carbocycles. The van der Waals surface area contributed by atoms with Crippen LogP contribution in [-0.4, -0.2) is 45.5 Å². The van der Waals surface area contributed by atoms with E-state index in [0.29, 0.717) is 23.3 Å². The van der Waals surface area contributed by atoms with Gasteiger partial charge in [0.05, 0.1) is 0 Å². The summed E-state index contributed by atoms with van der Waals surface area (Å²) in [6.07, 6.45) is 2.50. The van der Waals surface area contributed by atoms with Crippen LogP contribution in [-0.2, 0) is 16.6 Å². The highest BCUT2D eigenvalue weighted by Gasteiger charge is 2.27. The van der Waals surface area contributed by atoms with Gasteiger partial charge in [-0.2, -0.15) is 0 Å². The van der Waals surface area contributed by atoms with E-state index in [1.807, 2.05) is 12.3 Å². The fourth-order valence-electron chi connectivity index (χ4n) is 2.29. The molecule has 21 heavy (non-hydrogen) atoms. The van der Waals surface area contributed by atoms with Gasteiger partial charge in [-0.15, -0.1) is 11.3 Å². The topological polar surface area (TPSA) is 61.4 Å². The first-order chi connectivity index (χ1) is 10.1. The van der Waals surface area contributed by atoms with Crippen LogP contribution in [0.25, 0.3) is 0 Å². The molecule has 7 heteroatoms. The molecule has 0 saturated heterocycles. The van der Waals surface area contributed by atoms with Crippen LogP contribution in [0.5, 0.6) is 0 Å². The van der Waals surface area contributed by atoms with Crippen molar-refractivity contribution in [2.24, 2.45) is 0 Å². The van der Waals surface area contributed by atoms with Gasteiger partial charge in [-0.25, -0.2) is 13.1 Å². The number of likely N-dealkylation sites (N-methyl/N-ethyl adjacent to an activating group) is 1. The highest BCUT2D eigenvalue weighted by molar-refractivity contribution is 7.91. The Bertz CT molecular complexity index is 538. The lowest BCUT2D eigenvalue weighted by atomic mass is 10.3. The largest absolute Gasteiger partial charge is 0.313 e. The first-order valence-corrected chi connectivity index (χ1v) is 9.95. The monoisotopic (exact) mass is 331 g/mol. The van der Waals surface area contributed by atoms with Crippen molar-refractivity contribution in [1.82, 2.24) is 14.9 Å². The lowest BCUT2D eigenvalue weighted by Gasteiger charge is -2.19. The maximum absolute atomic E-state index is 12.2. The number of sulfonamides is 1. The summed E-state index contributed by atoms with van der Waals surface area (Å²) >= 11 is 1.29. The van der Waals surface area contributed by atoms with Crippen molar-refractivity contribution in [1.29, 1.82) is 0 Å². The Morgan fingerprint density at radius 2 is 2.14 bits per heavy atom. The van der Waals surface area contributed by atoms with Crippen molar-refractivity contribution >= 4 is 21.4 Å². The van der Waals surface area contributed by atoms with Crippen molar-refractivity contribution in [3.05, 3.63) is 17.0 Å². The predicted octanol–water partition coefficient (Wildman–Crippen LogP) is 1.62. The van der Waals surface area contributed by atoms with Crippen molar-refractivity contribution < 1.29 is 8.42 Å². The van der Waals surface area contributed by atoms with Crippen LogP contribution < -0.4 is 10.0 Å². The number of nitrogens with one attached hydrogen (secondary N) is 2. The average Bonchev–Trinajstić information content (AvgIpc) is 3.18. The Kier molecular flexibility index (Phi) is 6.19. The summed E-state index contributed by atoms with van der Waals surface area (Å²) in [5.41, 5.74) is 1.02. The Morgan fingerprint density at radius 1 is 1.38 bits per heavy atom. The molecule has 2 rings (SSSR count). The van der Waals surface area contributed by atoms with Crippen LogP contribution in [0.2, 0.25) is 0 Å². The first kappa shape index (κ1) is 16.9. The summed E-state index contributed by atoms with van der Waals surface area (Å²) < 4.78 is 27.6. The Morgan fingerprint density at radius 3 is 2.76 bits per heavy atom. The van der Waals surface area contributed by atoms with E-state index in [9.17, 15) is 8.42 Å². The minimum Gasteiger partial charge on any atom is -0.313 e. The fourth-order valence-corrected chi connectivity index (χ4v) is 4.56. The molecule has 0 amide bonds. The van der Waals surface area contributed by atoms with Gasteiger partial charge in [0.1, 0.15) is 4.21 Å². The third-order valence-electron chi connectivity index (χ3n) is 3.63. The van der Waals surface area contributed by atoms with Gasteiger partial charge in [0.25, 0.3) is 0 Å². The molecule has 0 unspecified atom stereocenters. The summed E-state index contributed by atoms with van der Waals surface area (Å²) in [5, 5.41) is 5.10. The van der Waals surface area contributed by atoms with Crippen LogP contribution in [0.15, 0.2) is 15.7 Å². The van der Waals surface area contributed by atoms with Crippen LogP contribution in [0.4, 0.5) is 0 Å². The van der Waals surface area contributed by atoms with E-state index in [4.69, 9.17) is 0 Å². The number of rotatable bonds is 10. The smallest absolute Gasteiger partial charge is 0.250 e. The van der Waals surface area contributed by atoms with E-state index in [1.165, 1.54) is 24.2 Å². The zero-order valence-electron chi connectivity index (χ0n) is 12.8. The van der Waals surface area contributed by atoms with E-state index in [0.717, 1.165) is 25.2 Å². The van der Waals surface area contributed by atoms with E-state index in [2.05, 4.69) is 21.9 Å². The Balaban J connectivity index is 1.84. The van der Waals surface area contributed by atoms with Gasteiger partial charge in [-0.05, 0) is 42.9 Å². The molecule has 0 aliphatic heterocycles. The highest BCUT2D eigenvalue weighted by Crippen LogP contribution is 2.26. The maximum atomic E-state index is 12.2. The maximum Gasteiger partial charge on any atom is 0.250 e. The van der Waals surface area contributed by atoms with Crippen molar-refractivity contribution in [3.8, 4) is 0 Å². The summed E-state index contributed by atoms with van der Waals surface area (Å²) in [5.74, 6) is 0.